The number of nitrogens with one attached hydrogen (secondary N) is 1. The average Bonchev–Trinajstić information content (AvgIpc) is 2.66. The lowest BCUT2D eigenvalue weighted by Crippen LogP contribution is -2.03. The van der Waals surface area contributed by atoms with Gasteiger partial charge in [0.15, 0.2) is 11.0 Å². The van der Waals surface area contributed by atoms with Gasteiger partial charge in [0, 0.05) is 14.7 Å². The summed E-state index contributed by atoms with van der Waals surface area (Å²) in [5.41, 5.74) is 0. The maximum absolute atomic E-state index is 5.80. The summed E-state index contributed by atoms with van der Waals surface area (Å²) in [6.45, 7) is 0.616. The molecule has 0 bridgehead atoms. The van der Waals surface area contributed by atoms with E-state index in [4.69, 9.17) is 23.2 Å². The quantitative estimate of drug-likeness (QED) is 0.927. The molecule has 0 saturated heterocycles. The molecule has 0 aliphatic heterocycles. The number of nitrogens with zero attached hydrogens (tertiary/aromatic N) is 3. The van der Waals surface area contributed by atoms with Crippen LogP contribution in [-0.4, -0.2) is 15.2 Å². The van der Waals surface area contributed by atoms with Crippen molar-refractivity contribution >= 4 is 56.3 Å². The maximum Gasteiger partial charge on any atom is 0.245 e. The topological polar surface area (TPSA) is 50.7 Å². The van der Waals surface area contributed by atoms with Crippen molar-refractivity contribution in [3.05, 3.63) is 31.2 Å². The first-order valence-electron chi connectivity index (χ1n) is 4.17. The van der Waals surface area contributed by atoms with Crippen molar-refractivity contribution in [1.29, 1.82) is 0 Å². The van der Waals surface area contributed by atoms with Crippen LogP contribution in [0.1, 0.15) is 4.88 Å². The number of anilines is 1. The van der Waals surface area contributed by atoms with E-state index in [-0.39, 0.29) is 10.4 Å². The van der Waals surface area contributed by atoms with Gasteiger partial charge in [0.1, 0.15) is 0 Å². The number of hydrogen-bond donors (Lipinski definition) is 1. The van der Waals surface area contributed by atoms with Gasteiger partial charge >= 0.3 is 0 Å². The summed E-state index contributed by atoms with van der Waals surface area (Å²) in [7, 11) is 0. The van der Waals surface area contributed by atoms with E-state index in [2.05, 4.69) is 36.4 Å². The Morgan fingerprint density at radius 2 is 2.19 bits per heavy atom. The third kappa shape index (κ3) is 3.04. The van der Waals surface area contributed by atoms with Crippen molar-refractivity contribution < 1.29 is 0 Å². The van der Waals surface area contributed by atoms with Gasteiger partial charge in [-0.2, -0.15) is 4.98 Å². The standard InChI is InChI=1S/C8H5BrCl2N4S/c9-4-1-5(16-3-4)2-12-7-6(10)14-15-8(11)13-7/h1,3H,2H2,(H,12,13,15). The molecule has 0 amide bonds. The smallest absolute Gasteiger partial charge is 0.245 e. The average molecular weight is 340 g/mol. The Bertz CT molecular complexity index is 505. The zero-order valence-corrected chi connectivity index (χ0v) is 11.7. The fourth-order valence-corrected chi connectivity index (χ4v) is 2.68. The van der Waals surface area contributed by atoms with Crippen LogP contribution in [-0.2, 0) is 6.54 Å². The molecule has 0 radical (unpaired) electrons. The summed E-state index contributed by atoms with van der Waals surface area (Å²) in [5.74, 6) is 0.436. The summed E-state index contributed by atoms with van der Waals surface area (Å²) >= 11 is 16.4. The lowest BCUT2D eigenvalue weighted by Gasteiger charge is -2.04. The van der Waals surface area contributed by atoms with Crippen LogP contribution in [0.15, 0.2) is 15.9 Å². The Hall–Kier alpha value is -0.430. The van der Waals surface area contributed by atoms with Gasteiger partial charge < -0.3 is 5.32 Å². The van der Waals surface area contributed by atoms with Crippen LogP contribution in [0.25, 0.3) is 0 Å². The zero-order valence-electron chi connectivity index (χ0n) is 7.75. The van der Waals surface area contributed by atoms with Crippen LogP contribution in [0.5, 0.6) is 0 Å². The minimum atomic E-state index is 0.0688. The molecule has 2 aromatic heterocycles. The fourth-order valence-electron chi connectivity index (χ4n) is 1.02. The van der Waals surface area contributed by atoms with Crippen molar-refractivity contribution in [3.8, 4) is 0 Å². The first-order chi connectivity index (χ1) is 7.65. The van der Waals surface area contributed by atoms with Gasteiger partial charge in [0.25, 0.3) is 0 Å². The minimum absolute atomic E-state index is 0.0688. The van der Waals surface area contributed by atoms with Crippen molar-refractivity contribution in [2.24, 2.45) is 0 Å². The Kier molecular flexibility index (Phi) is 3.96. The Balaban J connectivity index is 2.07. The van der Waals surface area contributed by atoms with Crippen molar-refractivity contribution in [1.82, 2.24) is 15.2 Å². The molecule has 1 N–H and O–H groups in total. The number of rotatable bonds is 3. The molecule has 0 saturated carbocycles. The highest BCUT2D eigenvalue weighted by atomic mass is 79.9. The van der Waals surface area contributed by atoms with Crippen LogP contribution >= 0.6 is 50.5 Å². The van der Waals surface area contributed by atoms with Crippen LogP contribution in [0, 0.1) is 0 Å². The Morgan fingerprint density at radius 1 is 1.38 bits per heavy atom. The number of thiophene rings is 1. The molecule has 2 aromatic rings. The van der Waals surface area contributed by atoms with Crippen molar-refractivity contribution in [2.75, 3.05) is 5.32 Å². The molecule has 0 atom stereocenters. The normalized spacial score (nSPS) is 10.4. The first kappa shape index (κ1) is 12.0. The maximum atomic E-state index is 5.80. The monoisotopic (exact) mass is 338 g/mol. The highest BCUT2D eigenvalue weighted by molar-refractivity contribution is 9.10. The van der Waals surface area contributed by atoms with Gasteiger partial charge in [-0.1, -0.05) is 11.6 Å². The molecule has 8 heteroatoms. The molecule has 0 unspecified atom stereocenters. The minimum Gasteiger partial charge on any atom is -0.362 e. The van der Waals surface area contributed by atoms with E-state index >= 15 is 0 Å². The van der Waals surface area contributed by atoms with Gasteiger partial charge in [-0.15, -0.1) is 21.5 Å². The van der Waals surface area contributed by atoms with Gasteiger partial charge in [0.05, 0.1) is 6.54 Å². The van der Waals surface area contributed by atoms with Crippen LogP contribution < -0.4 is 5.32 Å². The van der Waals surface area contributed by atoms with E-state index in [1.54, 1.807) is 11.3 Å². The van der Waals surface area contributed by atoms with Crippen molar-refractivity contribution in [2.45, 2.75) is 6.54 Å². The molecule has 2 rings (SSSR count). The number of aromatic nitrogens is 3. The molecule has 0 aliphatic carbocycles. The molecule has 0 fully saturated rings. The summed E-state index contributed by atoms with van der Waals surface area (Å²) in [6, 6.07) is 2.02. The summed E-state index contributed by atoms with van der Waals surface area (Å²) in [5, 5.41) is 12.5. The second-order valence-corrected chi connectivity index (χ2v) is 5.41. The molecule has 0 aromatic carbocycles. The SMILES string of the molecule is Clc1nnc(Cl)c(NCc2cc(Br)cs2)n1. The lowest BCUT2D eigenvalue weighted by molar-refractivity contribution is 0.961. The molecule has 84 valence electrons. The van der Waals surface area contributed by atoms with Crippen molar-refractivity contribution in [3.63, 3.8) is 0 Å². The highest BCUT2D eigenvalue weighted by Gasteiger charge is 2.06. The molecular formula is C8H5BrCl2N4S. The molecular weight excluding hydrogens is 335 g/mol. The van der Waals surface area contributed by atoms with Crippen LogP contribution in [0.3, 0.4) is 0 Å². The molecule has 16 heavy (non-hydrogen) atoms. The van der Waals surface area contributed by atoms with E-state index in [1.165, 1.54) is 0 Å². The van der Waals surface area contributed by atoms with E-state index in [0.717, 1.165) is 9.35 Å². The fraction of sp³-hybridized carbons (Fsp3) is 0.125. The summed E-state index contributed by atoms with van der Waals surface area (Å²) in [6.07, 6.45) is 0. The van der Waals surface area contributed by atoms with Gasteiger partial charge in [-0.25, -0.2) is 0 Å². The van der Waals surface area contributed by atoms with E-state index in [9.17, 15) is 0 Å². The first-order valence-corrected chi connectivity index (χ1v) is 6.60. The second kappa shape index (κ2) is 5.27. The third-order valence-corrected chi connectivity index (χ3v) is 3.78. The molecule has 0 spiro atoms. The lowest BCUT2D eigenvalue weighted by atomic mass is 10.4. The zero-order chi connectivity index (χ0) is 11.5. The van der Waals surface area contributed by atoms with Crippen LogP contribution in [0.4, 0.5) is 5.82 Å². The Labute approximate surface area is 114 Å². The molecule has 4 nitrogen and oxygen atoms in total. The number of halogens is 3. The number of hydrogen-bond acceptors (Lipinski definition) is 5. The Morgan fingerprint density at radius 3 is 2.88 bits per heavy atom. The largest absolute Gasteiger partial charge is 0.362 e. The summed E-state index contributed by atoms with van der Waals surface area (Å²) in [4.78, 5) is 5.09. The molecule has 0 aliphatic rings. The predicted molar refractivity (Wildman–Crippen MR) is 69.2 cm³/mol. The second-order valence-electron chi connectivity index (χ2n) is 2.81. The van der Waals surface area contributed by atoms with E-state index in [0.29, 0.717) is 12.4 Å². The molecule has 2 heterocycles. The highest BCUT2D eigenvalue weighted by Crippen LogP contribution is 2.22. The van der Waals surface area contributed by atoms with E-state index < -0.39 is 0 Å². The van der Waals surface area contributed by atoms with Gasteiger partial charge in [-0.3, -0.25) is 0 Å². The summed E-state index contributed by atoms with van der Waals surface area (Å²) < 4.78 is 1.05. The van der Waals surface area contributed by atoms with E-state index in [1.807, 2.05) is 11.4 Å². The van der Waals surface area contributed by atoms with Crippen LogP contribution in [0.2, 0.25) is 10.4 Å². The third-order valence-electron chi connectivity index (χ3n) is 1.67. The predicted octanol–water partition coefficient (Wildman–Crippen LogP) is 3.61. The van der Waals surface area contributed by atoms with Gasteiger partial charge in [-0.05, 0) is 33.6 Å². The van der Waals surface area contributed by atoms with Gasteiger partial charge in [0.2, 0.25) is 5.28 Å².